The highest BCUT2D eigenvalue weighted by Gasteiger charge is 2.33. The van der Waals surface area contributed by atoms with Crippen LogP contribution in [-0.4, -0.2) is 30.2 Å². The molecule has 2 aromatic carbocycles. The standard InChI is InChI=1S/C21H19F3N2O4/c1-3-4-16(27)12-5-8-17-15(9-12)26(21(29)11(2)30-17)10-18(28)25-14-7-6-13(22)19(23)20(14)24/h5-9,11H,3-4,10H2,1-2H3,(H,25,28). The van der Waals surface area contributed by atoms with Gasteiger partial charge in [-0.1, -0.05) is 6.92 Å². The Morgan fingerprint density at radius 2 is 1.87 bits per heavy atom. The van der Waals surface area contributed by atoms with Crippen LogP contribution in [0.15, 0.2) is 30.3 Å². The van der Waals surface area contributed by atoms with Crippen LogP contribution in [0.5, 0.6) is 5.75 Å². The number of anilines is 2. The van der Waals surface area contributed by atoms with Crippen LogP contribution in [0.4, 0.5) is 24.5 Å². The number of ether oxygens (including phenoxy) is 1. The number of nitrogens with zero attached hydrogens (tertiary/aromatic N) is 1. The molecule has 30 heavy (non-hydrogen) atoms. The second-order valence-corrected chi connectivity index (χ2v) is 6.81. The number of halogens is 3. The maximum Gasteiger partial charge on any atom is 0.268 e. The third-order valence-corrected chi connectivity index (χ3v) is 4.58. The first kappa shape index (κ1) is 21.4. The fourth-order valence-corrected chi connectivity index (χ4v) is 3.07. The Morgan fingerprint density at radius 1 is 1.13 bits per heavy atom. The van der Waals surface area contributed by atoms with E-state index in [0.29, 0.717) is 30.2 Å². The fourth-order valence-electron chi connectivity index (χ4n) is 3.07. The number of amides is 2. The number of Topliss-reactive ketones (excluding diaryl/α,β-unsaturated/α-hetero) is 1. The lowest BCUT2D eigenvalue weighted by Crippen LogP contribution is -2.47. The van der Waals surface area contributed by atoms with Crippen LogP contribution in [0.2, 0.25) is 0 Å². The zero-order chi connectivity index (χ0) is 22.0. The molecule has 0 saturated heterocycles. The minimum atomic E-state index is -1.71. The maximum absolute atomic E-state index is 13.8. The SMILES string of the molecule is CCCC(=O)c1ccc2c(c1)N(CC(=O)Nc1ccc(F)c(F)c1F)C(=O)C(C)O2. The Labute approximate surface area is 170 Å². The van der Waals surface area contributed by atoms with Crippen molar-refractivity contribution in [2.75, 3.05) is 16.8 Å². The minimum Gasteiger partial charge on any atom is -0.479 e. The van der Waals surface area contributed by atoms with E-state index in [1.54, 1.807) is 12.1 Å². The number of hydrogen-bond donors (Lipinski definition) is 1. The molecule has 9 heteroatoms. The highest BCUT2D eigenvalue weighted by Crippen LogP contribution is 2.35. The summed E-state index contributed by atoms with van der Waals surface area (Å²) >= 11 is 0. The van der Waals surface area contributed by atoms with Gasteiger partial charge in [-0.2, -0.15) is 0 Å². The predicted octanol–water partition coefficient (Wildman–Crippen LogP) is 3.84. The Balaban J connectivity index is 1.87. The lowest BCUT2D eigenvalue weighted by molar-refractivity contribution is -0.127. The molecule has 3 rings (SSSR count). The van der Waals surface area contributed by atoms with E-state index < -0.39 is 47.6 Å². The molecule has 0 saturated carbocycles. The van der Waals surface area contributed by atoms with Gasteiger partial charge in [0.2, 0.25) is 5.91 Å². The van der Waals surface area contributed by atoms with Crippen LogP contribution in [0.25, 0.3) is 0 Å². The van der Waals surface area contributed by atoms with E-state index in [1.807, 2.05) is 6.92 Å². The number of nitrogens with one attached hydrogen (secondary N) is 1. The normalized spacial score (nSPS) is 15.4. The number of benzene rings is 2. The van der Waals surface area contributed by atoms with Gasteiger partial charge in [0.25, 0.3) is 5.91 Å². The van der Waals surface area contributed by atoms with Crippen molar-refractivity contribution in [1.29, 1.82) is 0 Å². The summed E-state index contributed by atoms with van der Waals surface area (Å²) < 4.78 is 45.8. The lowest BCUT2D eigenvalue weighted by atomic mass is 10.0. The molecule has 0 bridgehead atoms. The molecular formula is C21H19F3N2O4. The summed E-state index contributed by atoms with van der Waals surface area (Å²) in [5.74, 6) is -5.84. The molecule has 0 fully saturated rings. The van der Waals surface area contributed by atoms with Crippen molar-refractivity contribution in [2.45, 2.75) is 32.8 Å². The Hall–Kier alpha value is -3.36. The maximum atomic E-state index is 13.8. The van der Waals surface area contributed by atoms with Crippen molar-refractivity contribution in [2.24, 2.45) is 0 Å². The smallest absolute Gasteiger partial charge is 0.268 e. The lowest BCUT2D eigenvalue weighted by Gasteiger charge is -2.32. The van der Waals surface area contributed by atoms with E-state index in [1.165, 1.54) is 13.0 Å². The molecule has 6 nitrogen and oxygen atoms in total. The van der Waals surface area contributed by atoms with Crippen molar-refractivity contribution in [3.05, 3.63) is 53.3 Å². The van der Waals surface area contributed by atoms with E-state index in [0.717, 1.165) is 11.0 Å². The summed E-state index contributed by atoms with van der Waals surface area (Å²) in [6, 6.07) is 6.14. The summed E-state index contributed by atoms with van der Waals surface area (Å²) in [5, 5.41) is 2.13. The molecule has 1 unspecified atom stereocenters. The first-order valence-corrected chi connectivity index (χ1v) is 9.31. The quantitative estimate of drug-likeness (QED) is 0.569. The van der Waals surface area contributed by atoms with Crippen LogP contribution < -0.4 is 15.0 Å². The number of fused-ring (bicyclic) bond motifs is 1. The van der Waals surface area contributed by atoms with Gasteiger partial charge < -0.3 is 10.1 Å². The fraction of sp³-hybridized carbons (Fsp3) is 0.286. The number of carbonyl (C=O) groups excluding carboxylic acids is 3. The molecule has 1 atom stereocenters. The molecule has 158 valence electrons. The van der Waals surface area contributed by atoms with Gasteiger partial charge >= 0.3 is 0 Å². The molecule has 0 aliphatic carbocycles. The molecule has 1 heterocycles. The van der Waals surface area contributed by atoms with Crippen LogP contribution in [-0.2, 0) is 9.59 Å². The van der Waals surface area contributed by atoms with Crippen molar-refractivity contribution < 1.29 is 32.3 Å². The van der Waals surface area contributed by atoms with Crippen LogP contribution in [0, 0.1) is 17.5 Å². The largest absolute Gasteiger partial charge is 0.479 e. The van der Waals surface area contributed by atoms with Crippen LogP contribution in [0.3, 0.4) is 0 Å². The summed E-state index contributed by atoms with van der Waals surface area (Å²) in [6.45, 7) is 2.82. The summed E-state index contributed by atoms with van der Waals surface area (Å²) in [6.07, 6.45) is 0.0799. The highest BCUT2D eigenvalue weighted by molar-refractivity contribution is 6.07. The molecule has 0 radical (unpaired) electrons. The van der Waals surface area contributed by atoms with Crippen molar-refractivity contribution in [1.82, 2.24) is 0 Å². The van der Waals surface area contributed by atoms with Gasteiger partial charge in [0.15, 0.2) is 29.3 Å². The van der Waals surface area contributed by atoms with Gasteiger partial charge in [0, 0.05) is 12.0 Å². The number of ketones is 1. The first-order valence-electron chi connectivity index (χ1n) is 9.31. The monoisotopic (exact) mass is 420 g/mol. The zero-order valence-corrected chi connectivity index (χ0v) is 16.3. The third-order valence-electron chi connectivity index (χ3n) is 4.58. The second kappa shape index (κ2) is 8.56. The van der Waals surface area contributed by atoms with E-state index in [2.05, 4.69) is 5.32 Å². The minimum absolute atomic E-state index is 0.125. The van der Waals surface area contributed by atoms with Crippen molar-refractivity contribution >= 4 is 29.0 Å². The van der Waals surface area contributed by atoms with Crippen molar-refractivity contribution in [3.63, 3.8) is 0 Å². The summed E-state index contributed by atoms with van der Waals surface area (Å²) in [4.78, 5) is 38.3. The number of carbonyl (C=O) groups is 3. The first-order chi connectivity index (χ1) is 14.2. The Morgan fingerprint density at radius 3 is 2.57 bits per heavy atom. The molecule has 0 spiro atoms. The molecule has 2 amide bonds. The zero-order valence-electron chi connectivity index (χ0n) is 16.3. The molecule has 2 aromatic rings. The van der Waals surface area contributed by atoms with E-state index in [-0.39, 0.29) is 11.5 Å². The van der Waals surface area contributed by atoms with Crippen LogP contribution in [0.1, 0.15) is 37.0 Å². The summed E-state index contributed by atoms with van der Waals surface area (Å²) in [7, 11) is 0. The van der Waals surface area contributed by atoms with Gasteiger partial charge in [0.1, 0.15) is 12.3 Å². The molecule has 0 aromatic heterocycles. The van der Waals surface area contributed by atoms with Gasteiger partial charge in [-0.25, -0.2) is 13.2 Å². The van der Waals surface area contributed by atoms with E-state index >= 15 is 0 Å². The van der Waals surface area contributed by atoms with E-state index in [4.69, 9.17) is 4.74 Å². The Kier molecular flexibility index (Phi) is 6.09. The molecule has 1 aliphatic rings. The molecule has 1 aliphatic heterocycles. The summed E-state index contributed by atoms with van der Waals surface area (Å²) in [5.41, 5.74) is 0.0272. The van der Waals surface area contributed by atoms with Crippen LogP contribution >= 0.6 is 0 Å². The van der Waals surface area contributed by atoms with Gasteiger partial charge in [-0.15, -0.1) is 0 Å². The second-order valence-electron chi connectivity index (χ2n) is 6.81. The average Bonchev–Trinajstić information content (AvgIpc) is 2.71. The topological polar surface area (TPSA) is 75.7 Å². The third kappa shape index (κ3) is 4.14. The van der Waals surface area contributed by atoms with Crippen molar-refractivity contribution in [3.8, 4) is 5.75 Å². The number of rotatable bonds is 6. The molecular weight excluding hydrogens is 401 g/mol. The highest BCUT2D eigenvalue weighted by atomic mass is 19.2. The number of hydrogen-bond acceptors (Lipinski definition) is 4. The van der Waals surface area contributed by atoms with Gasteiger partial charge in [-0.3, -0.25) is 19.3 Å². The predicted molar refractivity (Wildman–Crippen MR) is 103 cm³/mol. The average molecular weight is 420 g/mol. The van der Waals surface area contributed by atoms with Gasteiger partial charge in [-0.05, 0) is 43.7 Å². The molecule has 1 N–H and O–H groups in total. The Bertz CT molecular complexity index is 1030. The van der Waals surface area contributed by atoms with Gasteiger partial charge in [0.05, 0.1) is 11.4 Å². The van der Waals surface area contributed by atoms with E-state index in [9.17, 15) is 27.6 Å².